The molecule has 2 heterocycles. The average molecular weight is 1780 g/mol. The molecule has 2 aromatic carbocycles. The number of aliphatic carboxylic acids is 12. The first-order valence-corrected chi connectivity index (χ1v) is 37.7. The van der Waals surface area contributed by atoms with E-state index in [9.17, 15) is 148 Å². The molecule has 1 aromatic heterocycles. The number of halogens is 1. The zero-order valence-electron chi connectivity index (χ0n) is 63.6. The van der Waals surface area contributed by atoms with Crippen LogP contribution in [0.3, 0.4) is 0 Å². The fourth-order valence-corrected chi connectivity index (χ4v) is 13.8. The third kappa shape index (κ3) is 37.4. The van der Waals surface area contributed by atoms with E-state index in [2.05, 4.69) is 31.9 Å². The largest absolute Gasteiger partial charge is 1.00 e. The number of nitrogens with zero attached hydrogens (tertiary/aromatic N) is 6. The predicted molar refractivity (Wildman–Crippen MR) is 405 cm³/mol. The number of carbonyl (C=O) groups is 18. The number of thiazole rings is 1. The van der Waals surface area contributed by atoms with E-state index in [0.29, 0.717) is 21.8 Å². The van der Waals surface area contributed by atoms with Gasteiger partial charge in [-0.2, -0.15) is 4.57 Å². The highest BCUT2D eigenvalue weighted by Gasteiger charge is 2.35. The van der Waals surface area contributed by atoms with Crippen LogP contribution in [-0.4, -0.2) is 309 Å². The number of carboxylic acids is 12. The Labute approximate surface area is 689 Å². The Balaban J connectivity index is 0.0000354. The summed E-state index contributed by atoms with van der Waals surface area (Å²) in [6.07, 6.45) is 3.88. The lowest BCUT2D eigenvalue weighted by Crippen LogP contribution is -3.00. The van der Waals surface area contributed by atoms with Gasteiger partial charge in [-0.25, -0.2) is 0 Å². The number of hydrogen-bond acceptors (Lipinski definition) is 24. The van der Waals surface area contributed by atoms with Crippen LogP contribution in [0.25, 0.3) is 21.9 Å². The van der Waals surface area contributed by atoms with Crippen molar-refractivity contribution in [3.05, 3.63) is 71.4 Å². The normalized spacial score (nSPS) is 13.5. The second-order valence-electron chi connectivity index (χ2n) is 27.0. The standard InChI is InChI=1S/C73H98N12O30S.HI/c86-55(74-28-9-5-16-50(70(108)109)81(36-60(90)91)37-61(92)93)23-21-46(68(106)76-30-11-7-18-52(72(112)113)83(40-64(98)99)41-65(100)101)78-57(88)26-33-80-32-25-44(45-13-1-2-14-48(45)80)35-59-85(49-15-3-4-20-54(49)116-59)34-27-58(89)79-47(69(107)77-31-12-8-19-53(73(114)115)84(42-66(102)103)43-67(104)105)22-24-56(87)75-29-10-6-17-51(71(110)111)82(38-62(94)95)39-63(96)97;/h1-4,13-15,20,25,32,35,46-47,50-53H,5-12,16-19,21-24,26-31,33-34,36-43H2,(H17-,74,75,76,77,78,79,86,87,88,89,90,91,92,93,94,95,96,97,98,99,100,101,102,103,104,105,106,107,108,109,110,111,112,113,114,115);1H. The minimum absolute atomic E-state index is 0. The van der Waals surface area contributed by atoms with Crippen LogP contribution in [0.2, 0.25) is 0 Å². The summed E-state index contributed by atoms with van der Waals surface area (Å²) in [6, 6.07) is 5.85. The first kappa shape index (κ1) is 99.8. The van der Waals surface area contributed by atoms with Crippen molar-refractivity contribution in [1.82, 2.24) is 51.5 Å². The topological polar surface area (TPSA) is 642 Å². The molecule has 0 spiro atoms. The number of allylic oxidation sites excluding steroid dienone is 2. The van der Waals surface area contributed by atoms with Crippen molar-refractivity contribution in [3.8, 4) is 0 Å². The minimum atomic E-state index is -1.51. The zero-order chi connectivity index (χ0) is 86.1. The van der Waals surface area contributed by atoms with Crippen LogP contribution in [0.15, 0.2) is 60.8 Å². The number of unbranched alkanes of at least 4 members (excludes halogenated alkanes) is 4. The number of para-hydroxylation sites is 2. The number of benzene rings is 2. The van der Waals surface area contributed by atoms with Gasteiger partial charge in [-0.05, 0) is 114 Å². The van der Waals surface area contributed by atoms with Gasteiger partial charge in [0.2, 0.25) is 41.0 Å². The van der Waals surface area contributed by atoms with Gasteiger partial charge in [0.15, 0.2) is 6.54 Å². The lowest BCUT2D eigenvalue weighted by atomic mass is 9.99. The van der Waals surface area contributed by atoms with E-state index in [-0.39, 0.29) is 179 Å². The van der Waals surface area contributed by atoms with Gasteiger partial charge in [-0.3, -0.25) is 106 Å². The molecule has 117 heavy (non-hydrogen) atoms. The smallest absolute Gasteiger partial charge is 0.320 e. The predicted octanol–water partition coefficient (Wildman–Crippen LogP) is -3.78. The number of hydrogen-bond donors (Lipinski definition) is 18. The Morgan fingerprint density at radius 1 is 0.393 bits per heavy atom. The Hall–Kier alpha value is -11.4. The second kappa shape index (κ2) is 52.3. The van der Waals surface area contributed by atoms with E-state index in [0.717, 1.165) is 29.8 Å². The van der Waals surface area contributed by atoms with Crippen LogP contribution in [0.1, 0.15) is 126 Å². The molecule has 1 aliphatic heterocycles. The summed E-state index contributed by atoms with van der Waals surface area (Å²) < 4.78 is 2.70. The molecule has 0 saturated heterocycles. The number of rotatable bonds is 61. The molecule has 6 atom stereocenters. The third-order valence-electron chi connectivity index (χ3n) is 18.1. The SMILES string of the molecule is O=C(O)CN(CC(=O)O)C(CCCCNC(=O)CCC(NC(=O)CCN1C=CC(=Cc2sc3ccccc3[n+]2CCC(=O)NC(CCC(=O)NCCCCC(C(=O)O)N(CC(=O)O)CC(=O)O)C(=O)NCCCCC(C(=O)O)N(CC(=O)O)CC(=O)O)c2ccccc21)C(=O)NCCCCC(C(=O)O)N(CC(=O)O)CC(=O)O)C(=O)O.[I-]. The molecule has 44 heteroatoms. The Morgan fingerprint density at radius 3 is 1.09 bits per heavy atom. The van der Waals surface area contributed by atoms with Gasteiger partial charge in [-0.15, -0.1) is 0 Å². The highest BCUT2D eigenvalue weighted by atomic mass is 127. The maximum atomic E-state index is 14.1. The molecular formula is C73H99IN12O30S. The number of nitrogens with one attached hydrogen (secondary N) is 6. The second-order valence-corrected chi connectivity index (χ2v) is 28.0. The first-order valence-electron chi connectivity index (χ1n) is 36.9. The third-order valence-corrected chi connectivity index (χ3v) is 19.2. The summed E-state index contributed by atoms with van der Waals surface area (Å²) in [5, 5.41) is 130. The van der Waals surface area contributed by atoms with E-state index < -0.39 is 196 Å². The van der Waals surface area contributed by atoms with E-state index in [1.165, 1.54) is 11.3 Å². The summed E-state index contributed by atoms with van der Waals surface area (Å²) in [4.78, 5) is 227. The molecule has 1 aliphatic rings. The molecule has 0 saturated carbocycles. The molecule has 0 radical (unpaired) electrons. The van der Waals surface area contributed by atoms with Crippen molar-refractivity contribution in [2.75, 3.05) is 90.0 Å². The van der Waals surface area contributed by atoms with Gasteiger partial charge in [0.05, 0.1) is 58.8 Å². The summed E-state index contributed by atoms with van der Waals surface area (Å²) in [5.74, 6) is -21.4. The summed E-state index contributed by atoms with van der Waals surface area (Å²) >= 11 is 1.39. The summed E-state index contributed by atoms with van der Waals surface area (Å²) in [7, 11) is 0. The molecule has 644 valence electrons. The van der Waals surface area contributed by atoms with E-state index in [1.54, 1.807) is 41.4 Å². The monoisotopic (exact) mass is 1780 g/mol. The van der Waals surface area contributed by atoms with Gasteiger partial charge >= 0.3 is 71.6 Å². The van der Waals surface area contributed by atoms with Crippen molar-refractivity contribution in [2.45, 2.75) is 158 Å². The number of fused-ring (bicyclic) bond motifs is 2. The molecule has 0 aliphatic carbocycles. The number of amides is 6. The molecule has 0 fully saturated rings. The van der Waals surface area contributed by atoms with E-state index in [1.807, 2.05) is 34.9 Å². The summed E-state index contributed by atoms with van der Waals surface area (Å²) in [6.45, 7) is -7.15. The lowest BCUT2D eigenvalue weighted by molar-refractivity contribution is -0.667. The average Bonchev–Trinajstić information content (AvgIpc) is 1.72. The quantitative estimate of drug-likeness (QED) is 0.0146. The van der Waals surface area contributed by atoms with Crippen LogP contribution in [0, 0.1) is 0 Å². The molecule has 42 nitrogen and oxygen atoms in total. The highest BCUT2D eigenvalue weighted by molar-refractivity contribution is 7.18. The maximum Gasteiger partial charge on any atom is 0.320 e. The first-order chi connectivity index (χ1) is 54.9. The Morgan fingerprint density at radius 2 is 0.726 bits per heavy atom. The van der Waals surface area contributed by atoms with E-state index in [4.69, 9.17) is 0 Å². The molecule has 3 aromatic rings. The molecule has 6 unspecified atom stereocenters. The van der Waals surface area contributed by atoms with Crippen molar-refractivity contribution in [3.63, 3.8) is 0 Å². The lowest BCUT2D eigenvalue weighted by Gasteiger charge is -2.27. The van der Waals surface area contributed by atoms with E-state index >= 15 is 0 Å². The van der Waals surface area contributed by atoms with Crippen LogP contribution in [0.4, 0.5) is 5.69 Å². The fraction of sp³-hybridized carbons (Fsp3) is 0.521. The molecule has 6 amide bonds. The van der Waals surface area contributed by atoms with Gasteiger partial charge < -0.3 is 122 Å². The van der Waals surface area contributed by atoms with Crippen molar-refractivity contribution >= 4 is 146 Å². The van der Waals surface area contributed by atoms with Gasteiger partial charge in [-0.1, -0.05) is 41.7 Å². The number of aryl methyl sites for hydroxylation is 1. The molecule has 4 rings (SSSR count). The van der Waals surface area contributed by atoms with Crippen molar-refractivity contribution < 1.29 is 176 Å². The van der Waals surface area contributed by atoms with Crippen molar-refractivity contribution in [1.29, 1.82) is 0 Å². The van der Waals surface area contributed by atoms with Crippen molar-refractivity contribution in [2.24, 2.45) is 0 Å². The number of anilines is 1. The van der Waals surface area contributed by atoms with Crippen LogP contribution < -0.4 is 65.3 Å². The molecule has 18 N–H and O–H groups in total. The molecular weight excluding hydrogens is 1680 g/mol. The van der Waals surface area contributed by atoms with Crippen LogP contribution in [-0.2, 0) is 92.8 Å². The Kier molecular flexibility index (Phi) is 44.6. The maximum absolute atomic E-state index is 14.1. The fourth-order valence-electron chi connectivity index (χ4n) is 12.7. The zero-order valence-corrected chi connectivity index (χ0v) is 66.6. The number of aromatic nitrogens is 1. The number of carbonyl (C=O) groups excluding carboxylic acids is 6. The van der Waals surface area contributed by atoms with Gasteiger partial charge in [0, 0.05) is 81.6 Å². The van der Waals surface area contributed by atoms with Crippen LogP contribution in [0.5, 0.6) is 0 Å². The number of carboxylic acid groups (broad SMARTS) is 12. The molecule has 0 bridgehead atoms. The van der Waals surface area contributed by atoms with Gasteiger partial charge in [0.25, 0.3) is 5.01 Å². The Bertz CT molecular complexity index is 4000. The van der Waals surface area contributed by atoms with Gasteiger partial charge in [0.1, 0.15) is 41.0 Å². The van der Waals surface area contributed by atoms with Crippen LogP contribution >= 0.6 is 11.3 Å². The summed E-state index contributed by atoms with van der Waals surface area (Å²) in [5.41, 5.74) is 2.76. The minimum Gasteiger partial charge on any atom is -1.00 e. The highest BCUT2D eigenvalue weighted by Crippen LogP contribution is 2.35.